The molecule has 1 fully saturated rings. The fraction of sp³-hybridized carbons (Fsp3) is 0.381. The number of nitrogens with one attached hydrogen (secondary N) is 1. The molecule has 5 heteroatoms. The molecule has 0 aliphatic carbocycles. The third-order valence-electron chi connectivity index (χ3n) is 5.35. The van der Waals surface area contributed by atoms with Gasteiger partial charge in [-0.05, 0) is 56.1 Å². The Bertz CT molecular complexity index is 837. The van der Waals surface area contributed by atoms with E-state index in [4.69, 9.17) is 14.7 Å². The zero-order chi connectivity index (χ0) is 18.0. The maximum absolute atomic E-state index is 9.94. The maximum atomic E-state index is 9.94. The van der Waals surface area contributed by atoms with Crippen molar-refractivity contribution in [2.24, 2.45) is 0 Å². The molecule has 2 aromatic carbocycles. The Morgan fingerprint density at radius 1 is 1.23 bits per heavy atom. The molecule has 1 unspecified atom stereocenters. The Kier molecular flexibility index (Phi) is 4.44. The molecule has 5 nitrogen and oxygen atoms in total. The van der Waals surface area contributed by atoms with E-state index in [1.807, 2.05) is 36.4 Å². The number of phenolic OH excluding ortho intramolecular Hbond substituents is 1. The minimum Gasteiger partial charge on any atom is -0.508 e. The summed E-state index contributed by atoms with van der Waals surface area (Å²) in [4.78, 5) is 0. The maximum Gasteiger partial charge on any atom is 0.174 e. The smallest absolute Gasteiger partial charge is 0.174 e. The van der Waals surface area contributed by atoms with Crippen LogP contribution in [0.5, 0.6) is 17.2 Å². The van der Waals surface area contributed by atoms with E-state index in [1.54, 1.807) is 6.07 Å². The Labute approximate surface area is 153 Å². The second kappa shape index (κ2) is 6.89. The highest BCUT2D eigenvalue weighted by Crippen LogP contribution is 2.48. The van der Waals surface area contributed by atoms with Crippen LogP contribution in [0.15, 0.2) is 42.5 Å². The molecule has 2 N–H and O–H groups in total. The second-order valence-corrected chi connectivity index (χ2v) is 7.03. The van der Waals surface area contributed by atoms with Gasteiger partial charge in [0.05, 0.1) is 0 Å². The van der Waals surface area contributed by atoms with Gasteiger partial charge in [0.15, 0.2) is 6.61 Å². The summed E-state index contributed by atoms with van der Waals surface area (Å²) in [6, 6.07) is 15.3. The van der Waals surface area contributed by atoms with Gasteiger partial charge in [-0.3, -0.25) is 0 Å². The Balaban J connectivity index is 1.75. The van der Waals surface area contributed by atoms with Crippen LogP contribution < -0.4 is 14.8 Å². The highest BCUT2D eigenvalue weighted by molar-refractivity contribution is 5.49. The predicted molar refractivity (Wildman–Crippen MR) is 97.6 cm³/mol. The van der Waals surface area contributed by atoms with Crippen molar-refractivity contribution in [1.29, 1.82) is 5.26 Å². The fourth-order valence-electron chi connectivity index (χ4n) is 4.08. The topological polar surface area (TPSA) is 74.5 Å². The minimum atomic E-state index is -0.206. The van der Waals surface area contributed by atoms with E-state index in [2.05, 4.69) is 11.4 Å². The van der Waals surface area contributed by atoms with Crippen molar-refractivity contribution in [3.05, 3.63) is 53.6 Å². The molecule has 134 valence electrons. The van der Waals surface area contributed by atoms with Gasteiger partial charge in [0.2, 0.25) is 0 Å². The van der Waals surface area contributed by atoms with Crippen molar-refractivity contribution >= 4 is 0 Å². The van der Waals surface area contributed by atoms with Crippen molar-refractivity contribution in [2.45, 2.75) is 30.8 Å². The summed E-state index contributed by atoms with van der Waals surface area (Å²) >= 11 is 0. The van der Waals surface area contributed by atoms with Crippen molar-refractivity contribution < 1.29 is 14.6 Å². The van der Waals surface area contributed by atoms with Gasteiger partial charge < -0.3 is 19.9 Å². The first-order valence-electron chi connectivity index (χ1n) is 9.01. The Morgan fingerprint density at radius 2 is 2.08 bits per heavy atom. The van der Waals surface area contributed by atoms with Gasteiger partial charge in [0.25, 0.3) is 0 Å². The van der Waals surface area contributed by atoms with Gasteiger partial charge in [-0.15, -0.1) is 0 Å². The van der Waals surface area contributed by atoms with Crippen LogP contribution in [0.3, 0.4) is 0 Å². The monoisotopic (exact) mass is 350 g/mol. The molecule has 0 radical (unpaired) electrons. The van der Waals surface area contributed by atoms with Crippen molar-refractivity contribution in [3.63, 3.8) is 0 Å². The first kappa shape index (κ1) is 16.7. The van der Waals surface area contributed by atoms with E-state index >= 15 is 0 Å². The summed E-state index contributed by atoms with van der Waals surface area (Å²) in [5.41, 5.74) is 1.99. The van der Waals surface area contributed by atoms with Gasteiger partial charge in [-0.25, -0.2) is 0 Å². The molecule has 0 amide bonds. The molecule has 1 spiro atoms. The number of rotatable bonds is 3. The molecule has 4 rings (SSSR count). The average molecular weight is 350 g/mol. The van der Waals surface area contributed by atoms with Gasteiger partial charge in [0, 0.05) is 17.5 Å². The zero-order valence-electron chi connectivity index (χ0n) is 14.6. The number of nitriles is 1. The molecule has 2 aliphatic rings. The van der Waals surface area contributed by atoms with E-state index in [9.17, 15) is 5.11 Å². The molecule has 0 aromatic heterocycles. The molecule has 0 bridgehead atoms. The summed E-state index contributed by atoms with van der Waals surface area (Å²) in [5.74, 6) is 1.91. The molecular formula is C21H22N2O3. The summed E-state index contributed by atoms with van der Waals surface area (Å²) < 4.78 is 12.0. The lowest BCUT2D eigenvalue weighted by molar-refractivity contribution is 0.0112. The first-order valence-corrected chi connectivity index (χ1v) is 9.01. The summed E-state index contributed by atoms with van der Waals surface area (Å²) in [6.07, 6.45) is 2.79. The van der Waals surface area contributed by atoms with E-state index in [0.717, 1.165) is 49.2 Å². The highest BCUT2D eigenvalue weighted by Gasteiger charge is 2.42. The van der Waals surface area contributed by atoms with E-state index in [-0.39, 0.29) is 23.9 Å². The SMILES string of the molecule is N#CCOc1ccc2c(c1)OC1(CCNCC1)CC2c1cccc(O)c1. The van der Waals surface area contributed by atoms with Crippen LogP contribution in [0.25, 0.3) is 0 Å². The molecule has 26 heavy (non-hydrogen) atoms. The van der Waals surface area contributed by atoms with E-state index < -0.39 is 0 Å². The van der Waals surface area contributed by atoms with E-state index in [1.165, 1.54) is 0 Å². The summed E-state index contributed by atoms with van der Waals surface area (Å²) in [5, 5.41) is 22.1. The van der Waals surface area contributed by atoms with Crippen LogP contribution in [0.2, 0.25) is 0 Å². The highest BCUT2D eigenvalue weighted by atomic mass is 16.5. The van der Waals surface area contributed by atoms with Crippen LogP contribution in [0.4, 0.5) is 0 Å². The summed E-state index contributed by atoms with van der Waals surface area (Å²) in [6.45, 7) is 1.89. The molecular weight excluding hydrogens is 328 g/mol. The number of hydrogen-bond acceptors (Lipinski definition) is 5. The quantitative estimate of drug-likeness (QED) is 0.888. The zero-order valence-corrected chi connectivity index (χ0v) is 14.6. The minimum absolute atomic E-state index is 0.0177. The number of hydrogen-bond donors (Lipinski definition) is 2. The van der Waals surface area contributed by atoms with Gasteiger partial charge in [0.1, 0.15) is 28.9 Å². The molecule has 2 aromatic rings. The molecule has 1 atom stereocenters. The summed E-state index contributed by atoms with van der Waals surface area (Å²) in [7, 11) is 0. The Morgan fingerprint density at radius 3 is 2.85 bits per heavy atom. The number of fused-ring (bicyclic) bond motifs is 1. The van der Waals surface area contributed by atoms with Crippen LogP contribution >= 0.6 is 0 Å². The third kappa shape index (κ3) is 3.21. The lowest BCUT2D eigenvalue weighted by Crippen LogP contribution is -2.49. The average Bonchev–Trinajstić information content (AvgIpc) is 2.66. The number of piperidine rings is 1. The number of nitrogens with zero attached hydrogens (tertiary/aromatic N) is 1. The lowest BCUT2D eigenvalue weighted by atomic mass is 9.75. The predicted octanol–water partition coefficient (Wildman–Crippen LogP) is 3.33. The number of aromatic hydroxyl groups is 1. The lowest BCUT2D eigenvalue weighted by Gasteiger charge is -2.45. The normalized spacial score (nSPS) is 20.7. The van der Waals surface area contributed by atoms with Gasteiger partial charge in [-0.1, -0.05) is 18.2 Å². The first-order chi connectivity index (χ1) is 12.7. The second-order valence-electron chi connectivity index (χ2n) is 7.03. The van der Waals surface area contributed by atoms with Gasteiger partial charge in [-0.2, -0.15) is 5.26 Å². The largest absolute Gasteiger partial charge is 0.508 e. The number of benzene rings is 2. The van der Waals surface area contributed by atoms with Gasteiger partial charge >= 0.3 is 0 Å². The van der Waals surface area contributed by atoms with Crippen LogP contribution in [-0.4, -0.2) is 30.4 Å². The number of ether oxygens (including phenoxy) is 2. The van der Waals surface area contributed by atoms with Crippen LogP contribution in [0, 0.1) is 11.3 Å². The van der Waals surface area contributed by atoms with Crippen molar-refractivity contribution in [3.8, 4) is 23.3 Å². The fourth-order valence-corrected chi connectivity index (χ4v) is 4.08. The molecule has 1 saturated heterocycles. The van der Waals surface area contributed by atoms with Crippen LogP contribution in [0.1, 0.15) is 36.3 Å². The number of phenols is 1. The van der Waals surface area contributed by atoms with Crippen molar-refractivity contribution in [2.75, 3.05) is 19.7 Å². The third-order valence-corrected chi connectivity index (χ3v) is 5.35. The van der Waals surface area contributed by atoms with Crippen molar-refractivity contribution in [1.82, 2.24) is 5.32 Å². The molecule has 2 heterocycles. The Hall–Kier alpha value is -2.71. The molecule has 2 aliphatic heterocycles. The van der Waals surface area contributed by atoms with Crippen LogP contribution in [-0.2, 0) is 0 Å². The van der Waals surface area contributed by atoms with E-state index in [0.29, 0.717) is 5.75 Å². The standard InChI is InChI=1S/C21H22N2O3/c22-8-11-25-17-4-5-18-19(15-2-1-3-16(24)12-15)14-21(26-20(18)13-17)6-9-23-10-7-21/h1-5,12-13,19,23-24H,6-7,9-11,14H2. The molecule has 0 saturated carbocycles.